The molecule has 2 aromatic rings. The van der Waals surface area contributed by atoms with Gasteiger partial charge in [0.2, 0.25) is 0 Å². The van der Waals surface area contributed by atoms with Crippen LogP contribution in [0.4, 0.5) is 5.69 Å². The summed E-state index contributed by atoms with van der Waals surface area (Å²) in [5, 5.41) is 3.08. The van der Waals surface area contributed by atoms with E-state index in [-0.39, 0.29) is 29.0 Å². The van der Waals surface area contributed by atoms with Gasteiger partial charge in [-0.3, -0.25) is 9.36 Å². The molecule has 1 amide bonds. The van der Waals surface area contributed by atoms with Crippen LogP contribution in [0, 0.1) is 0 Å². The van der Waals surface area contributed by atoms with Crippen LogP contribution in [0.15, 0.2) is 54.6 Å². The molecule has 0 saturated heterocycles. The minimum atomic E-state index is -3.64. The molecule has 0 radical (unpaired) electrons. The van der Waals surface area contributed by atoms with Crippen molar-refractivity contribution in [1.29, 1.82) is 0 Å². The molecule has 5 nitrogen and oxygen atoms in total. The maximum Gasteiger partial charge on any atom is 0.362 e. The summed E-state index contributed by atoms with van der Waals surface area (Å²) >= 11 is 0. The largest absolute Gasteiger partial charge is 0.362 e. The predicted octanol–water partition coefficient (Wildman–Crippen LogP) is 4.61. The minimum Gasteiger partial charge on any atom is -0.322 e. The van der Waals surface area contributed by atoms with Gasteiger partial charge in [-0.2, -0.15) is 0 Å². The number of hydrogen-bond donors (Lipinski definition) is 1. The number of rotatable bonds is 7. The zero-order chi connectivity index (χ0) is 18.4. The number of benzene rings is 2. The van der Waals surface area contributed by atoms with Crippen molar-refractivity contribution in [1.82, 2.24) is 0 Å². The second kappa shape index (κ2) is 8.43. The van der Waals surface area contributed by atoms with E-state index in [0.29, 0.717) is 5.69 Å². The lowest BCUT2D eigenvalue weighted by molar-refractivity contribution is 0.102. The Hall–Kier alpha value is -1.94. The molecule has 2 rings (SSSR count). The molecule has 0 unspecified atom stereocenters. The van der Waals surface area contributed by atoms with Crippen LogP contribution < -0.4 is 10.6 Å². The van der Waals surface area contributed by atoms with E-state index in [1.807, 2.05) is 18.2 Å². The van der Waals surface area contributed by atoms with E-state index in [1.165, 1.54) is 0 Å². The monoisotopic (exact) mass is 361 g/mol. The molecule has 0 saturated carbocycles. The van der Waals surface area contributed by atoms with Crippen molar-refractivity contribution in [3.8, 4) is 0 Å². The predicted molar refractivity (Wildman–Crippen MR) is 101 cm³/mol. The SMILES string of the molecule is CC(C)OP(=O)(OC(C)C)c1ccccc1C(=O)Nc1ccccc1. The first-order valence-electron chi connectivity index (χ1n) is 8.24. The lowest BCUT2D eigenvalue weighted by atomic mass is 10.2. The first-order chi connectivity index (χ1) is 11.8. The average molecular weight is 361 g/mol. The summed E-state index contributed by atoms with van der Waals surface area (Å²) in [6.45, 7) is 7.12. The molecule has 134 valence electrons. The molecule has 0 aliphatic heterocycles. The van der Waals surface area contributed by atoms with Gasteiger partial charge in [0, 0.05) is 5.69 Å². The molecule has 6 heteroatoms. The lowest BCUT2D eigenvalue weighted by Gasteiger charge is -2.24. The molecule has 0 heterocycles. The fraction of sp³-hybridized carbons (Fsp3) is 0.316. The quantitative estimate of drug-likeness (QED) is 0.732. The molecule has 0 bridgehead atoms. The summed E-state index contributed by atoms with van der Waals surface area (Å²) in [7, 11) is -3.64. The number of amides is 1. The fourth-order valence-corrected chi connectivity index (χ4v) is 4.44. The molecule has 0 atom stereocenters. The highest BCUT2D eigenvalue weighted by atomic mass is 31.2. The summed E-state index contributed by atoms with van der Waals surface area (Å²) in [5.74, 6) is -0.360. The van der Waals surface area contributed by atoms with Crippen molar-refractivity contribution < 1.29 is 18.4 Å². The summed E-state index contributed by atoms with van der Waals surface area (Å²) in [4.78, 5) is 12.7. The third-order valence-electron chi connectivity index (χ3n) is 3.17. The van der Waals surface area contributed by atoms with Gasteiger partial charge in [-0.1, -0.05) is 30.3 Å². The van der Waals surface area contributed by atoms with Gasteiger partial charge in [0.15, 0.2) is 0 Å². The Balaban J connectivity index is 2.40. The fourth-order valence-electron chi connectivity index (χ4n) is 2.32. The van der Waals surface area contributed by atoms with Crippen LogP contribution in [0.3, 0.4) is 0 Å². The Morgan fingerprint density at radius 1 is 0.880 bits per heavy atom. The topological polar surface area (TPSA) is 64.6 Å². The van der Waals surface area contributed by atoms with Crippen molar-refractivity contribution in [2.24, 2.45) is 0 Å². The molecule has 0 spiro atoms. The van der Waals surface area contributed by atoms with Gasteiger partial charge in [-0.15, -0.1) is 0 Å². The van der Waals surface area contributed by atoms with Crippen molar-refractivity contribution in [2.75, 3.05) is 5.32 Å². The molecular weight excluding hydrogens is 337 g/mol. The van der Waals surface area contributed by atoms with Crippen molar-refractivity contribution in [3.63, 3.8) is 0 Å². The first kappa shape index (κ1) is 19.4. The van der Waals surface area contributed by atoms with E-state index in [4.69, 9.17) is 9.05 Å². The van der Waals surface area contributed by atoms with E-state index >= 15 is 0 Å². The van der Waals surface area contributed by atoms with E-state index in [1.54, 1.807) is 64.1 Å². The van der Waals surface area contributed by atoms with Crippen LogP contribution in [0.25, 0.3) is 0 Å². The van der Waals surface area contributed by atoms with Crippen LogP contribution in [-0.2, 0) is 13.6 Å². The lowest BCUT2D eigenvalue weighted by Crippen LogP contribution is -2.25. The van der Waals surface area contributed by atoms with Crippen LogP contribution in [0.2, 0.25) is 0 Å². The second-order valence-corrected chi connectivity index (χ2v) is 8.04. The standard InChI is InChI=1S/C19H24NO4P/c1-14(2)23-25(22,24-15(3)4)18-13-9-8-12-17(18)19(21)20-16-10-6-5-7-11-16/h5-15H,1-4H3,(H,20,21). The number of anilines is 1. The summed E-state index contributed by atoms with van der Waals surface area (Å²) in [6.07, 6.45) is -0.621. The van der Waals surface area contributed by atoms with E-state index in [0.717, 1.165) is 0 Å². The van der Waals surface area contributed by atoms with Gasteiger partial charge >= 0.3 is 7.60 Å². The number of hydrogen-bond acceptors (Lipinski definition) is 4. The Bertz CT molecular complexity index is 745. The van der Waals surface area contributed by atoms with Gasteiger partial charge in [-0.25, -0.2) is 0 Å². The highest BCUT2D eigenvalue weighted by molar-refractivity contribution is 7.62. The smallest absolute Gasteiger partial charge is 0.322 e. The summed E-state index contributed by atoms with van der Waals surface area (Å²) < 4.78 is 24.6. The van der Waals surface area contributed by atoms with E-state index in [2.05, 4.69) is 5.32 Å². The molecule has 1 N–H and O–H groups in total. The highest BCUT2D eigenvalue weighted by Crippen LogP contribution is 2.50. The number of para-hydroxylation sites is 1. The Kier molecular flexibility index (Phi) is 6.54. The van der Waals surface area contributed by atoms with E-state index < -0.39 is 7.60 Å². The molecule has 0 fully saturated rings. The molecule has 0 aliphatic carbocycles. The number of carbonyl (C=O) groups is 1. The minimum absolute atomic E-state index is 0.269. The third-order valence-corrected chi connectivity index (χ3v) is 5.55. The molecule has 2 aromatic carbocycles. The average Bonchev–Trinajstić information content (AvgIpc) is 2.54. The molecule has 25 heavy (non-hydrogen) atoms. The second-order valence-electron chi connectivity index (χ2n) is 6.14. The van der Waals surface area contributed by atoms with Crippen molar-refractivity contribution in [3.05, 3.63) is 60.2 Å². The van der Waals surface area contributed by atoms with Gasteiger partial charge < -0.3 is 14.4 Å². The maximum atomic E-state index is 13.4. The number of carbonyl (C=O) groups excluding carboxylic acids is 1. The van der Waals surface area contributed by atoms with Gasteiger partial charge in [0.05, 0.1) is 23.1 Å². The Morgan fingerprint density at radius 3 is 1.96 bits per heavy atom. The van der Waals surface area contributed by atoms with Gasteiger partial charge in [-0.05, 0) is 52.0 Å². The first-order valence-corrected chi connectivity index (χ1v) is 9.79. The Labute approximate surface area is 148 Å². The van der Waals surface area contributed by atoms with Crippen molar-refractivity contribution in [2.45, 2.75) is 39.9 Å². The molecular formula is C19H24NO4P. The molecule has 0 aromatic heterocycles. The van der Waals surface area contributed by atoms with Crippen molar-refractivity contribution >= 4 is 24.5 Å². The Morgan fingerprint density at radius 2 is 1.40 bits per heavy atom. The number of nitrogens with one attached hydrogen (secondary N) is 1. The third kappa shape index (κ3) is 5.27. The van der Waals surface area contributed by atoms with Crippen LogP contribution in [-0.4, -0.2) is 18.1 Å². The van der Waals surface area contributed by atoms with Gasteiger partial charge in [0.25, 0.3) is 5.91 Å². The van der Waals surface area contributed by atoms with Crippen LogP contribution in [0.5, 0.6) is 0 Å². The van der Waals surface area contributed by atoms with E-state index in [9.17, 15) is 9.36 Å². The van der Waals surface area contributed by atoms with Crippen LogP contribution in [0.1, 0.15) is 38.1 Å². The molecule has 0 aliphatic rings. The zero-order valence-corrected chi connectivity index (χ0v) is 15.8. The summed E-state index contributed by atoms with van der Waals surface area (Å²) in [5.41, 5.74) is 0.933. The summed E-state index contributed by atoms with van der Waals surface area (Å²) in [6, 6.07) is 15.8. The highest BCUT2D eigenvalue weighted by Gasteiger charge is 2.34. The normalized spacial score (nSPS) is 11.8. The van der Waals surface area contributed by atoms with Gasteiger partial charge in [0.1, 0.15) is 0 Å². The van der Waals surface area contributed by atoms with Crippen LogP contribution >= 0.6 is 7.60 Å². The zero-order valence-electron chi connectivity index (χ0n) is 14.9. The maximum absolute atomic E-state index is 13.4.